The van der Waals surface area contributed by atoms with E-state index in [0.29, 0.717) is 6.42 Å². The molecule has 1 aliphatic rings. The van der Waals surface area contributed by atoms with Gasteiger partial charge in [0.15, 0.2) is 0 Å². The van der Waals surface area contributed by atoms with Gasteiger partial charge >= 0.3 is 0 Å². The summed E-state index contributed by atoms with van der Waals surface area (Å²) in [5.74, 6) is -3.26. The molecule has 1 aliphatic heterocycles. The van der Waals surface area contributed by atoms with Crippen molar-refractivity contribution in [2.24, 2.45) is 5.41 Å². The third-order valence-corrected chi connectivity index (χ3v) is 7.25. The number of amides is 1. The Morgan fingerprint density at radius 1 is 1.27 bits per heavy atom. The smallest absolute Gasteiger partial charge is 0.237 e. The lowest BCUT2D eigenvalue weighted by Gasteiger charge is -2.37. The highest BCUT2D eigenvalue weighted by Gasteiger charge is 2.61. The van der Waals surface area contributed by atoms with Crippen LogP contribution in [0, 0.1) is 28.4 Å². The summed E-state index contributed by atoms with van der Waals surface area (Å²) in [6.45, 7) is 5.42. The molecule has 0 saturated carbocycles. The van der Waals surface area contributed by atoms with Crippen LogP contribution >= 0.6 is 23.2 Å². The lowest BCUT2D eigenvalue weighted by Crippen LogP contribution is -2.46. The molecule has 5 atom stereocenters. The fraction of sp³-hybridized carbons (Fsp3) is 0.481. The summed E-state index contributed by atoms with van der Waals surface area (Å²) < 4.78 is 31.1. The number of aliphatic hydroxyl groups is 2. The van der Waals surface area contributed by atoms with Crippen molar-refractivity contribution in [3.63, 3.8) is 0 Å². The average Bonchev–Trinajstić information content (AvgIpc) is 3.13. The second-order valence-corrected chi connectivity index (χ2v) is 11.4. The van der Waals surface area contributed by atoms with E-state index < -0.39 is 53.7 Å². The number of carbonyl (C=O) groups excluding carboxylic acids is 1. The summed E-state index contributed by atoms with van der Waals surface area (Å²) in [6.07, 6.45) is -0.576. The Kier molecular flexibility index (Phi) is 9.20. The van der Waals surface area contributed by atoms with Gasteiger partial charge in [-0.3, -0.25) is 4.79 Å². The predicted molar refractivity (Wildman–Crippen MR) is 138 cm³/mol. The van der Waals surface area contributed by atoms with Gasteiger partial charge in [0, 0.05) is 29.1 Å². The van der Waals surface area contributed by atoms with E-state index in [1.807, 2.05) is 20.8 Å². The zero-order valence-corrected chi connectivity index (χ0v) is 22.4. The quantitative estimate of drug-likeness (QED) is 0.386. The Balaban J connectivity index is 2.24. The van der Waals surface area contributed by atoms with E-state index in [1.165, 1.54) is 30.3 Å². The fourth-order valence-electron chi connectivity index (χ4n) is 5.12. The van der Waals surface area contributed by atoms with Crippen LogP contribution in [0.15, 0.2) is 36.4 Å². The van der Waals surface area contributed by atoms with Gasteiger partial charge in [0.2, 0.25) is 5.91 Å². The zero-order chi connectivity index (χ0) is 27.5. The van der Waals surface area contributed by atoms with Crippen LogP contribution in [-0.2, 0) is 10.2 Å². The molecule has 10 heteroatoms. The number of benzene rings is 2. The molecular weight excluding hydrogens is 523 g/mol. The van der Waals surface area contributed by atoms with Crippen LogP contribution in [-0.4, -0.2) is 47.5 Å². The first-order valence-corrected chi connectivity index (χ1v) is 12.7. The molecule has 0 aliphatic carbocycles. The highest BCUT2D eigenvalue weighted by molar-refractivity contribution is 6.31. The second kappa shape index (κ2) is 11.6. The maximum absolute atomic E-state index is 15.5. The molecule has 1 heterocycles. The van der Waals surface area contributed by atoms with Crippen LogP contribution in [0.2, 0.25) is 10.0 Å². The number of aliphatic hydroxyl groups excluding tert-OH is 2. The molecule has 4 N–H and O–H groups in total. The first-order chi connectivity index (χ1) is 17.4. The van der Waals surface area contributed by atoms with E-state index in [-0.39, 0.29) is 39.6 Å². The topological polar surface area (TPSA) is 105 Å². The molecule has 6 nitrogen and oxygen atoms in total. The van der Waals surface area contributed by atoms with Gasteiger partial charge < -0.3 is 20.8 Å². The second-order valence-electron chi connectivity index (χ2n) is 10.6. The van der Waals surface area contributed by atoms with Gasteiger partial charge in [0.05, 0.1) is 29.8 Å². The van der Waals surface area contributed by atoms with Crippen molar-refractivity contribution >= 4 is 29.1 Å². The SMILES string of the molecule is CC(C)(C)C[C@H]1N[C@H](C(=O)NCC[C@@H](O)CO)[C@@H](c2cccc(Cl)c2F)[C@]1(C#N)c1ccc(Cl)cc1F. The first kappa shape index (κ1) is 29.3. The van der Waals surface area contributed by atoms with Crippen LogP contribution < -0.4 is 10.6 Å². The average molecular weight is 554 g/mol. The largest absolute Gasteiger partial charge is 0.394 e. The molecule has 37 heavy (non-hydrogen) atoms. The van der Waals surface area contributed by atoms with E-state index in [1.54, 1.807) is 0 Å². The van der Waals surface area contributed by atoms with Crippen molar-refractivity contribution in [1.29, 1.82) is 5.26 Å². The van der Waals surface area contributed by atoms with Gasteiger partial charge in [-0.2, -0.15) is 5.26 Å². The van der Waals surface area contributed by atoms with Crippen LogP contribution in [0.5, 0.6) is 0 Å². The molecule has 2 aromatic rings. The maximum atomic E-state index is 15.5. The number of nitriles is 1. The standard InChI is InChI=1S/C27H31Cl2F2N3O3/c1-26(2,3)12-21-27(14-32,18-8-7-15(28)11-20(18)30)22(17-5-4-6-19(29)23(17)31)24(34-21)25(37)33-10-9-16(36)13-35/h4-8,11,16,21-22,24,34-36H,9-10,12-13H2,1-3H3,(H,33,37)/t16-,21-,22-,24+,27-/m1/s1. The molecular formula is C27H31Cl2F2N3O3. The minimum Gasteiger partial charge on any atom is -0.394 e. The first-order valence-electron chi connectivity index (χ1n) is 12.0. The van der Waals surface area contributed by atoms with Gasteiger partial charge in [0.1, 0.15) is 17.0 Å². The van der Waals surface area contributed by atoms with Crippen LogP contribution in [0.25, 0.3) is 0 Å². The Morgan fingerprint density at radius 3 is 2.57 bits per heavy atom. The van der Waals surface area contributed by atoms with Crippen LogP contribution in [0.4, 0.5) is 8.78 Å². The van der Waals surface area contributed by atoms with E-state index in [4.69, 9.17) is 28.3 Å². The van der Waals surface area contributed by atoms with Crippen LogP contribution in [0.1, 0.15) is 50.7 Å². The van der Waals surface area contributed by atoms with E-state index in [0.717, 1.165) is 6.07 Å². The Hall–Kier alpha value is -2.28. The molecule has 3 rings (SSSR count). The number of halogens is 4. The highest BCUT2D eigenvalue weighted by Crippen LogP contribution is 2.52. The summed E-state index contributed by atoms with van der Waals surface area (Å²) in [5.41, 5.74) is -2.06. The number of nitrogens with zero attached hydrogens (tertiary/aromatic N) is 1. The Bertz CT molecular complexity index is 1180. The molecule has 0 spiro atoms. The van der Waals surface area contributed by atoms with Crippen molar-refractivity contribution in [1.82, 2.24) is 10.6 Å². The number of hydrogen-bond acceptors (Lipinski definition) is 5. The normalized spacial score (nSPS) is 24.5. The summed E-state index contributed by atoms with van der Waals surface area (Å²) in [6, 6.07) is 8.68. The molecule has 200 valence electrons. The van der Waals surface area contributed by atoms with Gasteiger partial charge in [-0.15, -0.1) is 0 Å². The predicted octanol–water partition coefficient (Wildman–Crippen LogP) is 4.45. The van der Waals surface area contributed by atoms with Gasteiger partial charge in [-0.25, -0.2) is 8.78 Å². The Labute approximate surface area is 225 Å². The number of nitrogens with one attached hydrogen (secondary N) is 2. The molecule has 0 aromatic heterocycles. The molecule has 1 fully saturated rings. The third-order valence-electron chi connectivity index (χ3n) is 6.72. The molecule has 0 bridgehead atoms. The maximum Gasteiger partial charge on any atom is 0.237 e. The molecule has 1 amide bonds. The number of hydrogen-bond donors (Lipinski definition) is 4. The highest BCUT2D eigenvalue weighted by atomic mass is 35.5. The van der Waals surface area contributed by atoms with Gasteiger partial charge in [-0.1, -0.05) is 62.2 Å². The van der Waals surface area contributed by atoms with E-state index in [2.05, 4.69) is 16.7 Å². The summed E-state index contributed by atoms with van der Waals surface area (Å²) in [7, 11) is 0. The van der Waals surface area contributed by atoms with Crippen LogP contribution in [0.3, 0.4) is 0 Å². The molecule has 0 radical (unpaired) electrons. The van der Waals surface area contributed by atoms with Crippen molar-refractivity contribution < 1.29 is 23.8 Å². The lowest BCUT2D eigenvalue weighted by atomic mass is 9.62. The Morgan fingerprint density at radius 2 is 1.97 bits per heavy atom. The minimum absolute atomic E-state index is 0.00264. The summed E-state index contributed by atoms with van der Waals surface area (Å²) >= 11 is 12.1. The molecule has 0 unspecified atom stereocenters. The number of rotatable bonds is 8. The summed E-state index contributed by atoms with van der Waals surface area (Å²) in [4.78, 5) is 13.5. The minimum atomic E-state index is -1.71. The molecule has 2 aromatic carbocycles. The van der Waals surface area contributed by atoms with E-state index in [9.17, 15) is 15.2 Å². The van der Waals surface area contributed by atoms with Crippen molar-refractivity contribution in [2.75, 3.05) is 13.2 Å². The van der Waals surface area contributed by atoms with Gasteiger partial charge in [-0.05, 0) is 42.0 Å². The van der Waals surface area contributed by atoms with Crippen molar-refractivity contribution in [2.45, 2.75) is 63.1 Å². The molecule has 1 saturated heterocycles. The monoisotopic (exact) mass is 553 g/mol. The lowest BCUT2D eigenvalue weighted by molar-refractivity contribution is -0.123. The van der Waals surface area contributed by atoms with Crippen molar-refractivity contribution in [3.05, 3.63) is 69.2 Å². The van der Waals surface area contributed by atoms with E-state index >= 15 is 8.78 Å². The number of carbonyl (C=O) groups is 1. The third kappa shape index (κ3) is 6.08. The summed E-state index contributed by atoms with van der Waals surface area (Å²) in [5, 5.41) is 35.3. The fourth-order valence-corrected chi connectivity index (χ4v) is 5.46. The van der Waals surface area contributed by atoms with Crippen molar-refractivity contribution in [3.8, 4) is 6.07 Å². The zero-order valence-electron chi connectivity index (χ0n) is 20.9. The van der Waals surface area contributed by atoms with Gasteiger partial charge in [0.25, 0.3) is 0 Å².